The van der Waals surface area contributed by atoms with Crippen molar-refractivity contribution in [1.82, 2.24) is 5.32 Å². The van der Waals surface area contributed by atoms with E-state index < -0.39 is 0 Å². The number of nitrogens with one attached hydrogen (secondary N) is 1. The Kier molecular flexibility index (Phi) is 4.22. The fraction of sp³-hybridized carbons (Fsp3) is 0.900. The number of carbonyl (C=O) groups excluding carboxylic acids is 1. The first-order valence-corrected chi connectivity index (χ1v) is 5.27. The average Bonchev–Trinajstić information content (AvgIpc) is 2.94. The van der Waals surface area contributed by atoms with E-state index in [1.54, 1.807) is 0 Å². The summed E-state index contributed by atoms with van der Waals surface area (Å²) < 4.78 is 0. The maximum Gasteiger partial charge on any atom is 0.236 e. The Morgan fingerprint density at radius 1 is 1.62 bits per heavy atom. The Balaban J connectivity index is 1.94. The molecule has 1 saturated carbocycles. The van der Waals surface area contributed by atoms with E-state index in [1.807, 2.05) is 6.92 Å². The van der Waals surface area contributed by atoms with Gasteiger partial charge in [0.2, 0.25) is 5.91 Å². The molecule has 0 unspecified atom stereocenters. The molecule has 1 fully saturated rings. The Hall–Kier alpha value is -0.570. The van der Waals surface area contributed by atoms with E-state index in [1.165, 1.54) is 19.3 Å². The number of rotatable bonds is 6. The molecular formula is C10H20N2O. The topological polar surface area (TPSA) is 55.1 Å². The molecule has 0 aromatic carbocycles. The molecule has 0 bridgehead atoms. The minimum absolute atomic E-state index is 0.00158. The highest BCUT2D eigenvalue weighted by molar-refractivity contribution is 5.81. The molecule has 0 saturated heterocycles. The van der Waals surface area contributed by atoms with E-state index in [0.717, 1.165) is 18.9 Å². The summed E-state index contributed by atoms with van der Waals surface area (Å²) in [5, 5.41) is 2.85. The van der Waals surface area contributed by atoms with Crippen LogP contribution in [0.3, 0.4) is 0 Å². The second kappa shape index (κ2) is 5.22. The molecule has 0 heterocycles. The lowest BCUT2D eigenvalue weighted by Crippen LogP contribution is -2.40. The zero-order valence-electron chi connectivity index (χ0n) is 8.38. The second-order valence-corrected chi connectivity index (χ2v) is 3.89. The predicted octanol–water partition coefficient (Wildman–Crippen LogP) is 1.03. The van der Waals surface area contributed by atoms with Gasteiger partial charge in [0.1, 0.15) is 0 Å². The highest BCUT2D eigenvalue weighted by Gasteiger charge is 2.20. The zero-order valence-corrected chi connectivity index (χ0v) is 8.38. The molecule has 3 N–H and O–H groups in total. The third-order valence-corrected chi connectivity index (χ3v) is 2.56. The molecule has 1 atom stereocenters. The van der Waals surface area contributed by atoms with Gasteiger partial charge in [0.15, 0.2) is 0 Å². The van der Waals surface area contributed by atoms with Gasteiger partial charge in [-0.3, -0.25) is 4.79 Å². The van der Waals surface area contributed by atoms with Gasteiger partial charge in [0.25, 0.3) is 0 Å². The van der Waals surface area contributed by atoms with Crippen LogP contribution in [0.1, 0.15) is 39.0 Å². The van der Waals surface area contributed by atoms with Crippen molar-refractivity contribution >= 4 is 5.91 Å². The van der Waals surface area contributed by atoms with Gasteiger partial charge in [-0.1, -0.05) is 19.8 Å². The monoisotopic (exact) mass is 184 g/mol. The molecule has 3 nitrogen and oxygen atoms in total. The van der Waals surface area contributed by atoms with Crippen molar-refractivity contribution in [3.63, 3.8) is 0 Å². The first-order chi connectivity index (χ1) is 6.24. The van der Waals surface area contributed by atoms with Crippen molar-refractivity contribution in [3.8, 4) is 0 Å². The van der Waals surface area contributed by atoms with Gasteiger partial charge in [-0.25, -0.2) is 0 Å². The van der Waals surface area contributed by atoms with Crippen LogP contribution in [0.15, 0.2) is 0 Å². The van der Waals surface area contributed by atoms with E-state index in [2.05, 4.69) is 5.32 Å². The number of nitrogens with two attached hydrogens (primary N) is 1. The van der Waals surface area contributed by atoms with E-state index >= 15 is 0 Å². The van der Waals surface area contributed by atoms with Crippen molar-refractivity contribution in [1.29, 1.82) is 0 Å². The fourth-order valence-electron chi connectivity index (χ4n) is 1.33. The summed E-state index contributed by atoms with van der Waals surface area (Å²) in [6.07, 6.45) is 5.87. The molecule has 1 aliphatic rings. The molecule has 13 heavy (non-hydrogen) atoms. The standard InChI is InChI=1S/C10H20N2O/c1-2-9(11)10(13)12-7-3-4-8-5-6-8/h8-9H,2-7,11H2,1H3,(H,12,13)/t9-/m0/s1. The molecule has 1 aliphatic carbocycles. The van der Waals surface area contributed by atoms with Crippen LogP contribution < -0.4 is 11.1 Å². The van der Waals surface area contributed by atoms with Gasteiger partial charge < -0.3 is 11.1 Å². The Morgan fingerprint density at radius 3 is 2.85 bits per heavy atom. The minimum atomic E-state index is -0.319. The number of carbonyl (C=O) groups is 1. The third kappa shape index (κ3) is 4.27. The molecule has 0 aliphatic heterocycles. The van der Waals surface area contributed by atoms with Gasteiger partial charge in [0.05, 0.1) is 6.04 Å². The van der Waals surface area contributed by atoms with Crippen LogP contribution in [0.2, 0.25) is 0 Å². The van der Waals surface area contributed by atoms with E-state index in [-0.39, 0.29) is 11.9 Å². The summed E-state index contributed by atoms with van der Waals surface area (Å²) in [5.41, 5.74) is 5.56. The Bertz CT molecular complexity index is 166. The van der Waals surface area contributed by atoms with Crippen molar-refractivity contribution in [3.05, 3.63) is 0 Å². The van der Waals surface area contributed by atoms with Gasteiger partial charge in [0, 0.05) is 6.54 Å². The lowest BCUT2D eigenvalue weighted by molar-refractivity contribution is -0.122. The quantitative estimate of drug-likeness (QED) is 0.606. The first kappa shape index (κ1) is 10.5. The lowest BCUT2D eigenvalue weighted by atomic mass is 10.2. The van der Waals surface area contributed by atoms with E-state index in [9.17, 15) is 4.79 Å². The summed E-state index contributed by atoms with van der Waals surface area (Å²) >= 11 is 0. The summed E-state index contributed by atoms with van der Waals surface area (Å²) in [6, 6.07) is -0.319. The van der Waals surface area contributed by atoms with Gasteiger partial charge in [-0.2, -0.15) is 0 Å². The Morgan fingerprint density at radius 2 is 2.31 bits per heavy atom. The molecule has 1 amide bonds. The molecule has 0 aromatic heterocycles. The van der Waals surface area contributed by atoms with E-state index in [0.29, 0.717) is 6.42 Å². The number of hydrogen-bond donors (Lipinski definition) is 2. The first-order valence-electron chi connectivity index (χ1n) is 5.27. The second-order valence-electron chi connectivity index (χ2n) is 3.89. The fourth-order valence-corrected chi connectivity index (χ4v) is 1.33. The highest BCUT2D eigenvalue weighted by atomic mass is 16.2. The molecule has 1 rings (SSSR count). The van der Waals surface area contributed by atoms with Crippen LogP contribution in [0.25, 0.3) is 0 Å². The number of hydrogen-bond acceptors (Lipinski definition) is 2. The van der Waals surface area contributed by atoms with Gasteiger partial charge in [-0.15, -0.1) is 0 Å². The zero-order chi connectivity index (χ0) is 9.68. The van der Waals surface area contributed by atoms with Gasteiger partial charge >= 0.3 is 0 Å². The highest BCUT2D eigenvalue weighted by Crippen LogP contribution is 2.33. The largest absolute Gasteiger partial charge is 0.355 e. The molecule has 3 heteroatoms. The van der Waals surface area contributed by atoms with Crippen LogP contribution in [0.4, 0.5) is 0 Å². The maximum atomic E-state index is 11.2. The van der Waals surface area contributed by atoms with Crippen LogP contribution >= 0.6 is 0 Å². The average molecular weight is 184 g/mol. The van der Waals surface area contributed by atoms with Gasteiger partial charge in [-0.05, 0) is 25.2 Å². The summed E-state index contributed by atoms with van der Waals surface area (Å²) in [7, 11) is 0. The smallest absolute Gasteiger partial charge is 0.236 e. The molecule has 0 aromatic rings. The summed E-state index contributed by atoms with van der Waals surface area (Å²) in [5.74, 6) is 0.954. The number of amides is 1. The Labute approximate surface area is 80.1 Å². The van der Waals surface area contributed by atoms with Crippen molar-refractivity contribution in [2.45, 2.75) is 45.1 Å². The molecular weight excluding hydrogens is 164 g/mol. The van der Waals surface area contributed by atoms with Crippen molar-refractivity contribution in [2.75, 3.05) is 6.54 Å². The third-order valence-electron chi connectivity index (χ3n) is 2.56. The molecule has 76 valence electrons. The maximum absolute atomic E-state index is 11.2. The normalized spacial score (nSPS) is 18.3. The van der Waals surface area contributed by atoms with Crippen LogP contribution in [-0.2, 0) is 4.79 Å². The van der Waals surface area contributed by atoms with E-state index in [4.69, 9.17) is 5.73 Å². The summed E-state index contributed by atoms with van der Waals surface area (Å²) in [4.78, 5) is 11.2. The molecule has 0 spiro atoms. The van der Waals surface area contributed by atoms with Crippen molar-refractivity contribution < 1.29 is 4.79 Å². The SMILES string of the molecule is CC[C@H](N)C(=O)NCCCC1CC1. The van der Waals surface area contributed by atoms with Crippen LogP contribution in [0, 0.1) is 5.92 Å². The van der Waals surface area contributed by atoms with Crippen molar-refractivity contribution in [2.24, 2.45) is 11.7 Å². The summed E-state index contributed by atoms with van der Waals surface area (Å²) in [6.45, 7) is 2.72. The predicted molar refractivity (Wildman–Crippen MR) is 53.2 cm³/mol. The van der Waals surface area contributed by atoms with Crippen LogP contribution in [-0.4, -0.2) is 18.5 Å². The van der Waals surface area contributed by atoms with Crippen LogP contribution in [0.5, 0.6) is 0 Å². The lowest BCUT2D eigenvalue weighted by Gasteiger charge is -2.09. The minimum Gasteiger partial charge on any atom is -0.355 e. The molecule has 0 radical (unpaired) electrons.